The molecule has 3 aromatic rings. The van der Waals surface area contributed by atoms with E-state index in [1.54, 1.807) is 54.7 Å². The molecular weight excluding hydrogens is 326 g/mol. The molecule has 1 amide bonds. The van der Waals surface area contributed by atoms with E-state index in [0.717, 1.165) is 5.56 Å². The minimum atomic E-state index is -0.359. The lowest BCUT2D eigenvalue weighted by Crippen LogP contribution is -2.17. The van der Waals surface area contributed by atoms with Gasteiger partial charge in [-0.15, -0.1) is 0 Å². The van der Waals surface area contributed by atoms with Crippen LogP contribution in [0, 0.1) is 0 Å². The van der Waals surface area contributed by atoms with Gasteiger partial charge in [-0.05, 0) is 29.8 Å². The number of phenolic OH excluding ortho intramolecular Hbond substituents is 1. The van der Waals surface area contributed by atoms with Crippen LogP contribution in [-0.4, -0.2) is 23.4 Å². The van der Waals surface area contributed by atoms with Crippen molar-refractivity contribution in [2.75, 3.05) is 0 Å². The molecule has 0 heterocycles. The Labute approximate surface area is 151 Å². The molecule has 0 bridgehead atoms. The Balaban J connectivity index is 1.75. The number of carbonyl (C=O) groups excluding carboxylic acids is 1. The highest BCUT2D eigenvalue weighted by Crippen LogP contribution is 2.20. The number of hydrogen-bond donors (Lipinski definition) is 2. The summed E-state index contributed by atoms with van der Waals surface area (Å²) in [7, 11) is 0. The summed E-state index contributed by atoms with van der Waals surface area (Å²) in [4.78, 5) is 16.7. The Morgan fingerprint density at radius 2 is 1.54 bits per heavy atom. The fraction of sp³-hybridized carbons (Fsp3) is 0. The third kappa shape index (κ3) is 4.42. The van der Waals surface area contributed by atoms with Crippen LogP contribution < -0.4 is 5.43 Å². The van der Waals surface area contributed by atoms with E-state index in [1.165, 1.54) is 6.21 Å². The molecule has 2 N–H and O–H groups in total. The van der Waals surface area contributed by atoms with Gasteiger partial charge in [-0.3, -0.25) is 9.79 Å². The average molecular weight is 343 g/mol. The van der Waals surface area contributed by atoms with E-state index in [-0.39, 0.29) is 11.7 Å². The van der Waals surface area contributed by atoms with Gasteiger partial charge in [0.1, 0.15) is 5.75 Å². The topological polar surface area (TPSA) is 74.0 Å². The highest BCUT2D eigenvalue weighted by atomic mass is 16.3. The second-order valence-electron chi connectivity index (χ2n) is 5.44. The summed E-state index contributed by atoms with van der Waals surface area (Å²) in [5.74, 6) is -0.229. The quantitative estimate of drug-likeness (QED) is 0.544. The third-order valence-electron chi connectivity index (χ3n) is 3.61. The molecule has 5 heteroatoms. The number of benzene rings is 3. The van der Waals surface area contributed by atoms with E-state index in [4.69, 9.17) is 0 Å². The highest BCUT2D eigenvalue weighted by Gasteiger charge is 2.09. The lowest BCUT2D eigenvalue weighted by atomic mass is 10.1. The van der Waals surface area contributed by atoms with E-state index < -0.39 is 0 Å². The van der Waals surface area contributed by atoms with Gasteiger partial charge < -0.3 is 5.11 Å². The van der Waals surface area contributed by atoms with E-state index in [0.29, 0.717) is 16.8 Å². The third-order valence-corrected chi connectivity index (χ3v) is 3.61. The number of phenols is 1. The first-order valence-corrected chi connectivity index (χ1v) is 8.03. The van der Waals surface area contributed by atoms with Gasteiger partial charge in [0.15, 0.2) is 0 Å². The van der Waals surface area contributed by atoms with Gasteiger partial charge in [-0.25, -0.2) is 5.43 Å². The van der Waals surface area contributed by atoms with Gasteiger partial charge in [-0.1, -0.05) is 54.6 Å². The number of hydrogen-bond acceptors (Lipinski definition) is 4. The van der Waals surface area contributed by atoms with E-state index in [9.17, 15) is 9.90 Å². The average Bonchev–Trinajstić information content (AvgIpc) is 2.68. The first-order chi connectivity index (χ1) is 12.7. The van der Waals surface area contributed by atoms with Crippen molar-refractivity contribution in [1.82, 2.24) is 5.43 Å². The number of rotatable bonds is 5. The summed E-state index contributed by atoms with van der Waals surface area (Å²) in [6.45, 7) is 0. The SMILES string of the molecule is O=C(N/N=C\c1ccccc1)c1ccccc1N=Cc1ccccc1O. The number of para-hydroxylation sites is 2. The number of nitrogens with one attached hydrogen (secondary N) is 1. The van der Waals surface area contributed by atoms with Gasteiger partial charge in [0.2, 0.25) is 0 Å². The van der Waals surface area contributed by atoms with Crippen molar-refractivity contribution < 1.29 is 9.90 Å². The van der Waals surface area contributed by atoms with Gasteiger partial charge >= 0.3 is 0 Å². The molecule has 26 heavy (non-hydrogen) atoms. The monoisotopic (exact) mass is 343 g/mol. The molecular formula is C21H17N3O2. The van der Waals surface area contributed by atoms with Gasteiger partial charge in [0.05, 0.1) is 17.5 Å². The van der Waals surface area contributed by atoms with Crippen LogP contribution >= 0.6 is 0 Å². The molecule has 0 saturated heterocycles. The lowest BCUT2D eigenvalue weighted by molar-refractivity contribution is 0.0956. The molecule has 0 saturated carbocycles. The fourth-order valence-corrected chi connectivity index (χ4v) is 2.28. The van der Waals surface area contributed by atoms with Crippen LogP contribution in [0.4, 0.5) is 5.69 Å². The fourth-order valence-electron chi connectivity index (χ4n) is 2.28. The van der Waals surface area contributed by atoms with E-state index in [2.05, 4.69) is 15.5 Å². The lowest BCUT2D eigenvalue weighted by Gasteiger charge is -2.04. The zero-order valence-electron chi connectivity index (χ0n) is 13.9. The van der Waals surface area contributed by atoms with Crippen molar-refractivity contribution >= 4 is 24.0 Å². The molecule has 0 aromatic heterocycles. The van der Waals surface area contributed by atoms with Crippen LogP contribution in [0.25, 0.3) is 0 Å². The van der Waals surface area contributed by atoms with Crippen LogP contribution in [0.15, 0.2) is 89.0 Å². The van der Waals surface area contributed by atoms with Crippen LogP contribution in [0.1, 0.15) is 21.5 Å². The molecule has 3 rings (SSSR count). The Morgan fingerprint density at radius 1 is 0.846 bits per heavy atom. The summed E-state index contributed by atoms with van der Waals surface area (Å²) in [6, 6.07) is 23.3. The summed E-state index contributed by atoms with van der Waals surface area (Å²) >= 11 is 0. The number of carbonyl (C=O) groups is 1. The van der Waals surface area contributed by atoms with Crippen LogP contribution in [0.2, 0.25) is 0 Å². The highest BCUT2D eigenvalue weighted by molar-refractivity contribution is 6.00. The Kier molecular flexibility index (Phi) is 5.52. The van der Waals surface area contributed by atoms with Crippen molar-refractivity contribution in [2.24, 2.45) is 10.1 Å². The Hall–Kier alpha value is -3.73. The molecule has 0 spiro atoms. The maximum absolute atomic E-state index is 12.4. The summed E-state index contributed by atoms with van der Waals surface area (Å²) in [6.07, 6.45) is 3.10. The van der Waals surface area contributed by atoms with Crippen molar-refractivity contribution in [1.29, 1.82) is 0 Å². The Bertz CT molecular complexity index is 950. The van der Waals surface area contributed by atoms with Gasteiger partial charge in [0.25, 0.3) is 5.91 Å². The molecule has 0 aliphatic carbocycles. The standard InChI is InChI=1S/C21H17N3O2/c25-20-13-7-4-10-17(20)15-22-19-12-6-5-11-18(19)21(26)24-23-14-16-8-2-1-3-9-16/h1-15,25H,(H,24,26)/b22-15?,23-14-. The number of aliphatic imine (C=N–C) groups is 1. The molecule has 0 atom stereocenters. The van der Waals surface area contributed by atoms with E-state index in [1.807, 2.05) is 30.3 Å². The number of hydrazone groups is 1. The van der Waals surface area contributed by atoms with E-state index >= 15 is 0 Å². The number of aromatic hydroxyl groups is 1. The zero-order chi connectivity index (χ0) is 18.2. The molecule has 128 valence electrons. The number of nitrogens with zero attached hydrogens (tertiary/aromatic N) is 2. The van der Waals surface area contributed by atoms with Crippen molar-refractivity contribution in [3.05, 3.63) is 95.6 Å². The van der Waals surface area contributed by atoms with Crippen molar-refractivity contribution in [3.63, 3.8) is 0 Å². The molecule has 0 aliphatic rings. The maximum Gasteiger partial charge on any atom is 0.273 e. The Morgan fingerprint density at radius 3 is 2.35 bits per heavy atom. The minimum absolute atomic E-state index is 0.130. The van der Waals surface area contributed by atoms with Crippen LogP contribution in [-0.2, 0) is 0 Å². The number of amides is 1. The van der Waals surface area contributed by atoms with Crippen LogP contribution in [0.5, 0.6) is 5.75 Å². The van der Waals surface area contributed by atoms with Crippen molar-refractivity contribution in [2.45, 2.75) is 0 Å². The first kappa shape index (κ1) is 17.1. The summed E-state index contributed by atoms with van der Waals surface area (Å²) < 4.78 is 0. The van der Waals surface area contributed by atoms with Gasteiger partial charge in [0, 0.05) is 11.8 Å². The summed E-state index contributed by atoms with van der Waals surface area (Å²) in [5, 5.41) is 13.8. The molecule has 3 aromatic carbocycles. The molecule has 0 fully saturated rings. The molecule has 0 radical (unpaired) electrons. The predicted molar refractivity (Wildman–Crippen MR) is 103 cm³/mol. The largest absolute Gasteiger partial charge is 0.507 e. The molecule has 0 aliphatic heterocycles. The predicted octanol–water partition coefficient (Wildman–Crippen LogP) is 3.91. The molecule has 0 unspecified atom stereocenters. The van der Waals surface area contributed by atoms with Gasteiger partial charge in [-0.2, -0.15) is 5.10 Å². The van der Waals surface area contributed by atoms with Crippen LogP contribution in [0.3, 0.4) is 0 Å². The van der Waals surface area contributed by atoms with Crippen molar-refractivity contribution in [3.8, 4) is 5.75 Å². The summed E-state index contributed by atoms with van der Waals surface area (Å²) in [5.41, 5.74) is 4.85. The zero-order valence-corrected chi connectivity index (χ0v) is 13.9. The maximum atomic E-state index is 12.4. The molecule has 5 nitrogen and oxygen atoms in total. The smallest absolute Gasteiger partial charge is 0.273 e. The second-order valence-corrected chi connectivity index (χ2v) is 5.44. The first-order valence-electron chi connectivity index (χ1n) is 8.03. The normalized spacial score (nSPS) is 11.1. The minimum Gasteiger partial charge on any atom is -0.507 e. The second kappa shape index (κ2) is 8.39.